The van der Waals surface area contributed by atoms with Crippen LogP contribution in [0.5, 0.6) is 0 Å². The molecule has 2 aliphatic rings. The number of amides is 2. The number of hydrogen-bond acceptors (Lipinski definition) is 3. The van der Waals surface area contributed by atoms with Crippen molar-refractivity contribution in [3.63, 3.8) is 0 Å². The topological polar surface area (TPSA) is 69.6 Å². The first kappa shape index (κ1) is 16.3. The van der Waals surface area contributed by atoms with Crippen LogP contribution in [0.15, 0.2) is 0 Å². The second kappa shape index (κ2) is 6.77. The van der Waals surface area contributed by atoms with Crippen LogP contribution in [0.3, 0.4) is 0 Å². The Morgan fingerprint density at radius 3 is 2.33 bits per heavy atom. The lowest BCUT2D eigenvalue weighted by molar-refractivity contribution is -0.140. The van der Waals surface area contributed by atoms with E-state index in [0.717, 1.165) is 38.8 Å². The monoisotopic (exact) mass is 296 g/mol. The normalized spacial score (nSPS) is 22.6. The summed E-state index contributed by atoms with van der Waals surface area (Å²) in [5.74, 6) is 0.478. The molecule has 21 heavy (non-hydrogen) atoms. The zero-order chi connectivity index (χ0) is 15.5. The van der Waals surface area contributed by atoms with Crippen molar-refractivity contribution in [3.8, 4) is 0 Å². The molecule has 0 atom stereocenters. The fourth-order valence-electron chi connectivity index (χ4n) is 3.31. The quantitative estimate of drug-likeness (QED) is 0.821. The number of likely N-dealkylation sites (tertiary alicyclic amines) is 1. The number of nitrogens with one attached hydrogen (secondary N) is 1. The molecule has 1 heterocycles. The van der Waals surface area contributed by atoms with Crippen molar-refractivity contribution in [2.24, 2.45) is 11.8 Å². The number of aliphatic hydroxyl groups is 1. The molecule has 5 nitrogen and oxygen atoms in total. The molecule has 2 fully saturated rings. The minimum atomic E-state index is -1.13. The minimum absolute atomic E-state index is 0.0536. The Kier molecular flexibility index (Phi) is 5.25. The maximum atomic E-state index is 12.0. The van der Waals surface area contributed by atoms with E-state index in [2.05, 4.69) is 5.32 Å². The number of nitrogens with zero attached hydrogens (tertiary/aromatic N) is 1. The van der Waals surface area contributed by atoms with Crippen molar-refractivity contribution in [1.82, 2.24) is 10.2 Å². The molecule has 0 aromatic rings. The van der Waals surface area contributed by atoms with Crippen LogP contribution in [-0.2, 0) is 9.59 Å². The molecule has 2 amide bonds. The van der Waals surface area contributed by atoms with Crippen LogP contribution in [0.25, 0.3) is 0 Å². The van der Waals surface area contributed by atoms with Crippen LogP contribution in [0, 0.1) is 11.8 Å². The van der Waals surface area contributed by atoms with Gasteiger partial charge in [0.05, 0.1) is 0 Å². The third kappa shape index (κ3) is 3.96. The molecule has 2 rings (SSSR count). The lowest BCUT2D eigenvalue weighted by atomic mass is 9.95. The maximum Gasteiger partial charge on any atom is 0.251 e. The summed E-state index contributed by atoms with van der Waals surface area (Å²) in [6.45, 7) is 6.03. The molecule has 1 aliphatic heterocycles. The van der Waals surface area contributed by atoms with Crippen LogP contribution in [0.2, 0.25) is 0 Å². The van der Waals surface area contributed by atoms with Crippen LogP contribution in [-0.4, -0.2) is 47.1 Å². The van der Waals surface area contributed by atoms with Crippen molar-refractivity contribution < 1.29 is 14.7 Å². The second-order valence-electron chi connectivity index (χ2n) is 6.87. The molecule has 0 unspecified atom stereocenters. The van der Waals surface area contributed by atoms with Crippen molar-refractivity contribution >= 4 is 11.8 Å². The first-order valence-electron chi connectivity index (χ1n) is 8.22. The van der Waals surface area contributed by atoms with E-state index in [9.17, 15) is 14.7 Å². The molecule has 5 heteroatoms. The molecule has 0 radical (unpaired) electrons. The summed E-state index contributed by atoms with van der Waals surface area (Å²) in [6, 6.07) is 0. The molecular weight excluding hydrogens is 268 g/mol. The molecule has 0 bridgehead atoms. The van der Waals surface area contributed by atoms with Gasteiger partial charge < -0.3 is 15.3 Å². The molecule has 0 aromatic carbocycles. The highest BCUT2D eigenvalue weighted by Crippen LogP contribution is 2.29. The minimum Gasteiger partial charge on any atom is -0.380 e. The first-order valence-corrected chi connectivity index (χ1v) is 8.22. The highest BCUT2D eigenvalue weighted by molar-refractivity contribution is 5.85. The smallest absolute Gasteiger partial charge is 0.251 e. The van der Waals surface area contributed by atoms with Gasteiger partial charge in [0, 0.05) is 25.6 Å². The summed E-state index contributed by atoms with van der Waals surface area (Å²) < 4.78 is 0. The van der Waals surface area contributed by atoms with Gasteiger partial charge in [0.15, 0.2) is 0 Å². The lowest BCUT2D eigenvalue weighted by Crippen LogP contribution is -2.48. The molecule has 120 valence electrons. The van der Waals surface area contributed by atoms with Crippen molar-refractivity contribution in [2.75, 3.05) is 19.6 Å². The van der Waals surface area contributed by atoms with Gasteiger partial charge in [0.2, 0.25) is 5.91 Å². The largest absolute Gasteiger partial charge is 0.380 e. The molecule has 0 spiro atoms. The summed E-state index contributed by atoms with van der Waals surface area (Å²) >= 11 is 0. The Morgan fingerprint density at radius 1 is 1.24 bits per heavy atom. The van der Waals surface area contributed by atoms with Crippen molar-refractivity contribution in [1.29, 1.82) is 0 Å². The second-order valence-corrected chi connectivity index (χ2v) is 6.87. The fraction of sp³-hybridized carbons (Fsp3) is 0.875. The number of rotatable bonds is 4. The van der Waals surface area contributed by atoms with Gasteiger partial charge in [-0.3, -0.25) is 9.59 Å². The Hall–Kier alpha value is -1.10. The molecule has 0 aromatic heterocycles. The molecule has 1 saturated heterocycles. The lowest BCUT2D eigenvalue weighted by Gasteiger charge is -2.33. The van der Waals surface area contributed by atoms with E-state index in [1.54, 1.807) is 0 Å². The fourth-order valence-corrected chi connectivity index (χ4v) is 3.31. The molecular formula is C16H28N2O3. The summed E-state index contributed by atoms with van der Waals surface area (Å²) in [5.41, 5.74) is -1.13. The standard InChI is InChI=1S/C16H28N2O3/c1-12(2)14(19)18-9-5-13(6-10-18)11-17-15(20)16(21)7-3-4-8-16/h12-13,21H,3-11H2,1-2H3,(H,17,20). The van der Waals surface area contributed by atoms with E-state index in [0.29, 0.717) is 25.3 Å². The van der Waals surface area contributed by atoms with Gasteiger partial charge in [-0.05, 0) is 44.4 Å². The van der Waals surface area contributed by atoms with E-state index in [1.165, 1.54) is 0 Å². The summed E-state index contributed by atoms with van der Waals surface area (Å²) in [7, 11) is 0. The van der Waals surface area contributed by atoms with Gasteiger partial charge in [-0.2, -0.15) is 0 Å². The zero-order valence-corrected chi connectivity index (χ0v) is 13.2. The highest BCUT2D eigenvalue weighted by Gasteiger charge is 2.38. The summed E-state index contributed by atoms with van der Waals surface area (Å²) in [5, 5.41) is 13.1. The predicted molar refractivity (Wildman–Crippen MR) is 80.6 cm³/mol. The van der Waals surface area contributed by atoms with Gasteiger partial charge in [-0.25, -0.2) is 0 Å². The van der Waals surface area contributed by atoms with Gasteiger partial charge in [0.25, 0.3) is 5.91 Å². The average Bonchev–Trinajstić information content (AvgIpc) is 2.92. The third-order valence-corrected chi connectivity index (χ3v) is 4.82. The molecule has 1 saturated carbocycles. The van der Waals surface area contributed by atoms with Gasteiger partial charge >= 0.3 is 0 Å². The van der Waals surface area contributed by atoms with E-state index < -0.39 is 5.60 Å². The molecule has 2 N–H and O–H groups in total. The summed E-state index contributed by atoms with van der Waals surface area (Å²) in [4.78, 5) is 25.9. The average molecular weight is 296 g/mol. The van der Waals surface area contributed by atoms with Gasteiger partial charge in [0.1, 0.15) is 5.60 Å². The Bertz CT molecular complexity index is 381. The van der Waals surface area contributed by atoms with Gasteiger partial charge in [-0.1, -0.05) is 13.8 Å². The van der Waals surface area contributed by atoms with E-state index >= 15 is 0 Å². The number of hydrogen-bond donors (Lipinski definition) is 2. The van der Waals surface area contributed by atoms with Crippen LogP contribution in [0.4, 0.5) is 0 Å². The van der Waals surface area contributed by atoms with E-state index in [-0.39, 0.29) is 17.7 Å². The Morgan fingerprint density at radius 2 is 1.81 bits per heavy atom. The van der Waals surface area contributed by atoms with Crippen LogP contribution in [0.1, 0.15) is 52.4 Å². The van der Waals surface area contributed by atoms with Crippen LogP contribution < -0.4 is 5.32 Å². The van der Waals surface area contributed by atoms with Crippen molar-refractivity contribution in [3.05, 3.63) is 0 Å². The van der Waals surface area contributed by atoms with Crippen LogP contribution >= 0.6 is 0 Å². The first-order chi connectivity index (χ1) is 9.92. The number of carbonyl (C=O) groups excluding carboxylic acids is 2. The maximum absolute atomic E-state index is 12.0. The highest BCUT2D eigenvalue weighted by atomic mass is 16.3. The predicted octanol–water partition coefficient (Wildman–Crippen LogP) is 1.30. The van der Waals surface area contributed by atoms with Crippen molar-refractivity contribution in [2.45, 2.75) is 58.0 Å². The van der Waals surface area contributed by atoms with E-state index in [4.69, 9.17) is 0 Å². The van der Waals surface area contributed by atoms with Gasteiger partial charge in [-0.15, -0.1) is 0 Å². The Labute approximate surface area is 127 Å². The molecule has 1 aliphatic carbocycles. The zero-order valence-electron chi connectivity index (χ0n) is 13.2. The SMILES string of the molecule is CC(C)C(=O)N1CCC(CNC(=O)C2(O)CCCC2)CC1. The third-order valence-electron chi connectivity index (χ3n) is 4.82. The van der Waals surface area contributed by atoms with E-state index in [1.807, 2.05) is 18.7 Å². The number of carbonyl (C=O) groups is 2. The summed E-state index contributed by atoms with van der Waals surface area (Å²) in [6.07, 6.45) is 4.88. The number of piperidine rings is 1. The Balaban J connectivity index is 1.72.